The molecular formula is C21H21F2N3O2. The summed E-state index contributed by atoms with van der Waals surface area (Å²) in [7, 11) is 1.57. The van der Waals surface area contributed by atoms with Crippen LogP contribution >= 0.6 is 0 Å². The monoisotopic (exact) mass is 385 g/mol. The van der Waals surface area contributed by atoms with Gasteiger partial charge in [0.15, 0.2) is 17.3 Å². The highest BCUT2D eigenvalue weighted by Crippen LogP contribution is 2.24. The van der Waals surface area contributed by atoms with E-state index in [9.17, 15) is 18.4 Å². The average molecular weight is 385 g/mol. The molecule has 0 N–H and O–H groups in total. The molecule has 3 rings (SSSR count). The van der Waals surface area contributed by atoms with Gasteiger partial charge >= 0.3 is 0 Å². The number of aryl methyl sites for hydroxylation is 1. The fourth-order valence-electron chi connectivity index (χ4n) is 3.10. The molecule has 0 radical (unpaired) electrons. The maximum atomic E-state index is 13.6. The van der Waals surface area contributed by atoms with E-state index in [0.717, 1.165) is 12.1 Å². The second kappa shape index (κ2) is 7.88. The van der Waals surface area contributed by atoms with Gasteiger partial charge < -0.3 is 4.90 Å². The molecule has 0 aliphatic carbocycles. The molecule has 3 aromatic rings. The average Bonchev–Trinajstić information content (AvgIpc) is 2.70. The fourth-order valence-corrected chi connectivity index (χ4v) is 3.10. The Morgan fingerprint density at radius 3 is 2.46 bits per heavy atom. The lowest BCUT2D eigenvalue weighted by molar-refractivity contribution is 0.0736. The van der Waals surface area contributed by atoms with Crippen molar-refractivity contribution in [3.05, 3.63) is 75.7 Å². The number of carbonyl (C=O) groups is 1. The minimum atomic E-state index is -0.967. The van der Waals surface area contributed by atoms with Crippen molar-refractivity contribution in [1.29, 1.82) is 0 Å². The zero-order chi connectivity index (χ0) is 20.4. The second-order valence-corrected chi connectivity index (χ2v) is 6.69. The number of aromatic nitrogens is 2. The second-order valence-electron chi connectivity index (χ2n) is 6.69. The van der Waals surface area contributed by atoms with Gasteiger partial charge in [0.25, 0.3) is 11.5 Å². The smallest absolute Gasteiger partial charge is 0.275 e. The number of halogens is 2. The zero-order valence-electron chi connectivity index (χ0n) is 15.9. The summed E-state index contributed by atoms with van der Waals surface area (Å²) < 4.78 is 28.1. The molecule has 1 amide bonds. The lowest BCUT2D eigenvalue weighted by atomic mass is 10.1. The third-order valence-corrected chi connectivity index (χ3v) is 4.83. The Hall–Kier alpha value is -3.09. The van der Waals surface area contributed by atoms with E-state index in [2.05, 4.69) is 5.10 Å². The molecule has 0 saturated heterocycles. The summed E-state index contributed by atoms with van der Waals surface area (Å²) >= 11 is 0. The summed E-state index contributed by atoms with van der Waals surface area (Å²) in [6, 6.07) is 9.86. The van der Waals surface area contributed by atoms with E-state index in [-0.39, 0.29) is 11.3 Å². The molecule has 0 aliphatic rings. The minimum Gasteiger partial charge on any atom is -0.334 e. The molecular weight excluding hydrogens is 364 g/mol. The molecule has 7 heteroatoms. The maximum absolute atomic E-state index is 13.6. The first-order valence-electron chi connectivity index (χ1n) is 9.07. The highest BCUT2D eigenvalue weighted by molar-refractivity contribution is 6.04. The molecule has 0 spiro atoms. The molecule has 0 fully saturated rings. The first kappa shape index (κ1) is 19.7. The van der Waals surface area contributed by atoms with Gasteiger partial charge in [-0.2, -0.15) is 5.10 Å². The van der Waals surface area contributed by atoms with Crippen molar-refractivity contribution >= 4 is 16.7 Å². The van der Waals surface area contributed by atoms with E-state index in [1.54, 1.807) is 38.2 Å². The number of nitrogens with zero attached hydrogens (tertiary/aromatic N) is 3. The summed E-state index contributed by atoms with van der Waals surface area (Å²) in [6.07, 6.45) is 0.694. The number of amides is 1. The van der Waals surface area contributed by atoms with E-state index in [4.69, 9.17) is 0 Å². The Morgan fingerprint density at radius 1 is 1.14 bits per heavy atom. The number of hydrogen-bond donors (Lipinski definition) is 0. The number of fused-ring (bicyclic) bond motifs is 1. The Balaban J connectivity index is 2.05. The van der Waals surface area contributed by atoms with Crippen LogP contribution in [0.5, 0.6) is 0 Å². The van der Waals surface area contributed by atoms with Gasteiger partial charge in [0, 0.05) is 19.0 Å². The number of carbonyl (C=O) groups excluding carboxylic acids is 1. The van der Waals surface area contributed by atoms with Gasteiger partial charge in [0.1, 0.15) is 0 Å². The van der Waals surface area contributed by atoms with Crippen molar-refractivity contribution in [2.45, 2.75) is 32.9 Å². The van der Waals surface area contributed by atoms with Crippen LogP contribution in [0.15, 0.2) is 47.3 Å². The number of hydrogen-bond acceptors (Lipinski definition) is 3. The molecule has 28 heavy (non-hydrogen) atoms. The molecule has 1 aromatic heterocycles. The Bertz CT molecular complexity index is 1090. The number of benzene rings is 2. The quantitative estimate of drug-likeness (QED) is 0.669. The van der Waals surface area contributed by atoms with Crippen molar-refractivity contribution in [1.82, 2.24) is 14.7 Å². The summed E-state index contributed by atoms with van der Waals surface area (Å²) in [4.78, 5) is 27.2. The summed E-state index contributed by atoms with van der Waals surface area (Å²) in [6.45, 7) is 4.03. The van der Waals surface area contributed by atoms with Crippen LogP contribution in [0, 0.1) is 11.6 Å². The third kappa shape index (κ3) is 3.52. The van der Waals surface area contributed by atoms with Gasteiger partial charge in [-0.25, -0.2) is 13.5 Å². The standard InChI is InChI=1S/C21H21F2N3O2/c1-4-11-26-20(27)16-8-6-5-7-15(16)19(24-26)21(28)25(3)13(2)14-9-10-17(22)18(23)12-14/h5-10,12-13H,4,11H2,1-3H3/t13-/m0/s1. The van der Waals surface area contributed by atoms with Crippen LogP contribution in [0.2, 0.25) is 0 Å². The summed E-state index contributed by atoms with van der Waals surface area (Å²) in [5.74, 6) is -2.31. The Labute approximate surface area is 161 Å². The Kier molecular flexibility index (Phi) is 5.53. The molecule has 0 bridgehead atoms. The predicted octanol–water partition coefficient (Wildman–Crippen LogP) is 3.92. The SMILES string of the molecule is CCCn1nc(C(=O)N(C)[C@@H](C)c2ccc(F)c(F)c2)c2ccccc2c1=O. The minimum absolute atomic E-state index is 0.153. The van der Waals surface area contributed by atoms with Crippen LogP contribution in [0.1, 0.15) is 42.4 Å². The van der Waals surface area contributed by atoms with Crippen LogP contribution in [-0.2, 0) is 6.54 Å². The van der Waals surface area contributed by atoms with Gasteiger partial charge in [0.2, 0.25) is 0 Å². The lowest BCUT2D eigenvalue weighted by Gasteiger charge is -2.25. The van der Waals surface area contributed by atoms with Crippen LogP contribution in [0.4, 0.5) is 8.78 Å². The molecule has 0 aliphatic heterocycles. The Morgan fingerprint density at radius 2 is 1.82 bits per heavy atom. The molecule has 1 atom stereocenters. The third-order valence-electron chi connectivity index (χ3n) is 4.83. The van der Waals surface area contributed by atoms with E-state index in [1.165, 1.54) is 15.6 Å². The topological polar surface area (TPSA) is 55.2 Å². The van der Waals surface area contributed by atoms with Gasteiger partial charge in [-0.15, -0.1) is 0 Å². The van der Waals surface area contributed by atoms with Crippen LogP contribution in [0.25, 0.3) is 10.8 Å². The fraction of sp³-hybridized carbons (Fsp3) is 0.286. The van der Waals surface area contributed by atoms with Gasteiger partial charge in [-0.1, -0.05) is 31.2 Å². The van der Waals surface area contributed by atoms with Gasteiger partial charge in [-0.05, 0) is 37.1 Å². The van der Waals surface area contributed by atoms with E-state index in [0.29, 0.717) is 29.3 Å². The normalized spacial score (nSPS) is 12.2. The van der Waals surface area contributed by atoms with E-state index >= 15 is 0 Å². The summed E-state index contributed by atoms with van der Waals surface area (Å²) in [5, 5.41) is 5.18. The highest BCUT2D eigenvalue weighted by Gasteiger charge is 2.24. The molecule has 1 heterocycles. The van der Waals surface area contributed by atoms with Crippen molar-refractivity contribution in [3.63, 3.8) is 0 Å². The first-order chi connectivity index (χ1) is 13.3. The predicted molar refractivity (Wildman–Crippen MR) is 103 cm³/mol. The van der Waals surface area contributed by atoms with E-state index in [1.807, 2.05) is 6.92 Å². The molecule has 2 aromatic carbocycles. The summed E-state index contributed by atoms with van der Waals surface area (Å²) in [5.41, 5.74) is 0.367. The van der Waals surface area contributed by atoms with Crippen molar-refractivity contribution in [2.75, 3.05) is 7.05 Å². The molecule has 146 valence electrons. The molecule has 5 nitrogen and oxygen atoms in total. The van der Waals surface area contributed by atoms with Crippen molar-refractivity contribution in [3.8, 4) is 0 Å². The van der Waals surface area contributed by atoms with Crippen molar-refractivity contribution < 1.29 is 13.6 Å². The first-order valence-corrected chi connectivity index (χ1v) is 9.07. The van der Waals surface area contributed by atoms with Gasteiger partial charge in [-0.3, -0.25) is 9.59 Å². The molecule has 0 saturated carbocycles. The lowest BCUT2D eigenvalue weighted by Crippen LogP contribution is -2.33. The zero-order valence-corrected chi connectivity index (χ0v) is 15.9. The molecule has 0 unspecified atom stereocenters. The number of rotatable bonds is 5. The van der Waals surface area contributed by atoms with Crippen LogP contribution in [0.3, 0.4) is 0 Å². The maximum Gasteiger partial charge on any atom is 0.275 e. The highest BCUT2D eigenvalue weighted by atomic mass is 19.2. The largest absolute Gasteiger partial charge is 0.334 e. The van der Waals surface area contributed by atoms with E-state index < -0.39 is 23.6 Å². The van der Waals surface area contributed by atoms with Gasteiger partial charge in [0.05, 0.1) is 11.4 Å². The van der Waals surface area contributed by atoms with Crippen LogP contribution < -0.4 is 5.56 Å². The van der Waals surface area contributed by atoms with Crippen molar-refractivity contribution in [2.24, 2.45) is 0 Å². The van der Waals surface area contributed by atoms with Crippen LogP contribution in [-0.4, -0.2) is 27.6 Å².